The highest BCUT2D eigenvalue weighted by molar-refractivity contribution is 4.93. The molecule has 0 amide bonds. The predicted molar refractivity (Wildman–Crippen MR) is 65.3 cm³/mol. The molecular weight excluding hydrogens is 170 g/mol. The SMILES string of the molecule is C=C(C)NC(CC(C)CC)C(C)(C)C. The van der Waals surface area contributed by atoms with E-state index in [1.54, 1.807) is 0 Å². The van der Waals surface area contributed by atoms with Gasteiger partial charge in [0, 0.05) is 11.7 Å². The van der Waals surface area contributed by atoms with Crippen molar-refractivity contribution in [1.82, 2.24) is 5.32 Å². The van der Waals surface area contributed by atoms with Crippen molar-refractivity contribution in [3.63, 3.8) is 0 Å². The Morgan fingerprint density at radius 3 is 2.14 bits per heavy atom. The van der Waals surface area contributed by atoms with Gasteiger partial charge >= 0.3 is 0 Å². The Hall–Kier alpha value is -0.460. The van der Waals surface area contributed by atoms with Gasteiger partial charge in [-0.25, -0.2) is 0 Å². The van der Waals surface area contributed by atoms with Gasteiger partial charge in [-0.05, 0) is 24.7 Å². The standard InChI is InChI=1S/C13H27N/c1-8-11(4)9-12(13(5,6)7)14-10(2)3/h11-12,14H,2,8-9H2,1,3-7H3. The number of rotatable bonds is 5. The fraction of sp³-hybridized carbons (Fsp3) is 0.846. The van der Waals surface area contributed by atoms with Crippen molar-refractivity contribution in [3.8, 4) is 0 Å². The van der Waals surface area contributed by atoms with E-state index in [1.165, 1.54) is 12.8 Å². The van der Waals surface area contributed by atoms with Crippen molar-refractivity contribution >= 4 is 0 Å². The van der Waals surface area contributed by atoms with Crippen molar-refractivity contribution in [3.05, 3.63) is 12.3 Å². The Labute approximate surface area is 90.0 Å². The van der Waals surface area contributed by atoms with Gasteiger partial charge in [0.2, 0.25) is 0 Å². The summed E-state index contributed by atoms with van der Waals surface area (Å²) in [6, 6.07) is 0.537. The Balaban J connectivity index is 4.33. The second-order valence-corrected chi connectivity index (χ2v) is 5.59. The van der Waals surface area contributed by atoms with Gasteiger partial charge in [0.25, 0.3) is 0 Å². The minimum absolute atomic E-state index is 0.308. The molecular formula is C13H27N. The highest BCUT2D eigenvalue weighted by Gasteiger charge is 2.25. The normalized spacial score (nSPS) is 16.1. The Kier molecular flexibility index (Phi) is 5.25. The third-order valence-electron chi connectivity index (χ3n) is 2.80. The molecule has 0 aliphatic heterocycles. The number of hydrogen-bond acceptors (Lipinski definition) is 1. The lowest BCUT2D eigenvalue weighted by molar-refractivity contribution is 0.241. The molecule has 0 aromatic heterocycles. The van der Waals surface area contributed by atoms with Gasteiger partial charge < -0.3 is 5.32 Å². The van der Waals surface area contributed by atoms with Crippen LogP contribution in [0.25, 0.3) is 0 Å². The van der Waals surface area contributed by atoms with Crippen LogP contribution in [0.4, 0.5) is 0 Å². The summed E-state index contributed by atoms with van der Waals surface area (Å²) in [6.45, 7) is 17.4. The van der Waals surface area contributed by atoms with Gasteiger partial charge in [-0.3, -0.25) is 0 Å². The van der Waals surface area contributed by atoms with Gasteiger partial charge in [-0.15, -0.1) is 0 Å². The van der Waals surface area contributed by atoms with Crippen molar-refractivity contribution in [2.24, 2.45) is 11.3 Å². The average molecular weight is 197 g/mol. The van der Waals surface area contributed by atoms with E-state index in [0.717, 1.165) is 11.6 Å². The van der Waals surface area contributed by atoms with Gasteiger partial charge in [0.15, 0.2) is 0 Å². The van der Waals surface area contributed by atoms with Crippen molar-refractivity contribution < 1.29 is 0 Å². The number of nitrogens with one attached hydrogen (secondary N) is 1. The van der Waals surface area contributed by atoms with E-state index in [4.69, 9.17) is 0 Å². The van der Waals surface area contributed by atoms with E-state index in [9.17, 15) is 0 Å². The molecule has 84 valence electrons. The quantitative estimate of drug-likeness (QED) is 0.703. The van der Waals surface area contributed by atoms with Crippen molar-refractivity contribution in [2.75, 3.05) is 0 Å². The Bertz CT molecular complexity index is 176. The summed E-state index contributed by atoms with van der Waals surface area (Å²) in [5, 5.41) is 3.49. The second kappa shape index (κ2) is 5.43. The summed E-state index contributed by atoms with van der Waals surface area (Å²) in [6.07, 6.45) is 2.48. The molecule has 0 aromatic carbocycles. The summed E-state index contributed by atoms with van der Waals surface area (Å²) in [5.74, 6) is 0.783. The molecule has 2 atom stereocenters. The lowest BCUT2D eigenvalue weighted by Crippen LogP contribution is -2.40. The van der Waals surface area contributed by atoms with E-state index in [0.29, 0.717) is 11.5 Å². The first kappa shape index (κ1) is 13.5. The summed E-state index contributed by atoms with van der Waals surface area (Å²) in [4.78, 5) is 0. The molecule has 0 heterocycles. The molecule has 0 radical (unpaired) electrons. The monoisotopic (exact) mass is 197 g/mol. The predicted octanol–water partition coefficient (Wildman–Crippen LogP) is 3.96. The highest BCUT2D eigenvalue weighted by Crippen LogP contribution is 2.26. The zero-order valence-corrected chi connectivity index (χ0v) is 10.8. The summed E-state index contributed by atoms with van der Waals surface area (Å²) in [5.41, 5.74) is 1.38. The molecule has 0 bridgehead atoms. The third kappa shape index (κ3) is 5.31. The van der Waals surface area contributed by atoms with Crippen LogP contribution in [0.1, 0.15) is 54.4 Å². The smallest absolute Gasteiger partial charge is 0.0308 e. The maximum Gasteiger partial charge on any atom is 0.0308 e. The van der Waals surface area contributed by atoms with Gasteiger partial charge in [-0.2, -0.15) is 0 Å². The molecule has 14 heavy (non-hydrogen) atoms. The molecule has 0 spiro atoms. The Morgan fingerprint density at radius 2 is 1.86 bits per heavy atom. The van der Waals surface area contributed by atoms with Crippen LogP contribution < -0.4 is 5.32 Å². The highest BCUT2D eigenvalue weighted by atomic mass is 14.9. The maximum absolute atomic E-state index is 3.93. The number of allylic oxidation sites excluding steroid dienone is 1. The first-order valence-corrected chi connectivity index (χ1v) is 5.69. The first-order chi connectivity index (χ1) is 6.27. The van der Waals surface area contributed by atoms with Crippen LogP contribution in [0.15, 0.2) is 12.3 Å². The third-order valence-corrected chi connectivity index (χ3v) is 2.80. The lowest BCUT2D eigenvalue weighted by atomic mass is 9.81. The molecule has 2 unspecified atom stereocenters. The van der Waals surface area contributed by atoms with Gasteiger partial charge in [0.05, 0.1) is 0 Å². The van der Waals surface area contributed by atoms with Gasteiger partial charge in [0.1, 0.15) is 0 Å². The molecule has 0 aromatic rings. The maximum atomic E-state index is 3.93. The van der Waals surface area contributed by atoms with E-state index in [1.807, 2.05) is 6.92 Å². The van der Waals surface area contributed by atoms with E-state index in [2.05, 4.69) is 46.5 Å². The van der Waals surface area contributed by atoms with Crippen LogP contribution >= 0.6 is 0 Å². The topological polar surface area (TPSA) is 12.0 Å². The molecule has 1 nitrogen and oxygen atoms in total. The second-order valence-electron chi connectivity index (χ2n) is 5.59. The molecule has 1 heteroatoms. The summed E-state index contributed by atoms with van der Waals surface area (Å²) >= 11 is 0. The average Bonchev–Trinajstić information content (AvgIpc) is 2.00. The van der Waals surface area contributed by atoms with Crippen molar-refractivity contribution in [2.45, 2.75) is 60.4 Å². The van der Waals surface area contributed by atoms with E-state index >= 15 is 0 Å². The van der Waals surface area contributed by atoms with Crippen LogP contribution in [0.2, 0.25) is 0 Å². The van der Waals surface area contributed by atoms with Crippen LogP contribution in [0.5, 0.6) is 0 Å². The van der Waals surface area contributed by atoms with Gasteiger partial charge in [-0.1, -0.05) is 47.6 Å². The summed E-state index contributed by atoms with van der Waals surface area (Å²) < 4.78 is 0. The number of hydrogen-bond donors (Lipinski definition) is 1. The van der Waals surface area contributed by atoms with E-state index < -0.39 is 0 Å². The lowest BCUT2D eigenvalue weighted by Gasteiger charge is -2.34. The molecule has 0 saturated carbocycles. The fourth-order valence-electron chi connectivity index (χ4n) is 1.50. The van der Waals surface area contributed by atoms with E-state index in [-0.39, 0.29) is 0 Å². The van der Waals surface area contributed by atoms with Crippen molar-refractivity contribution in [1.29, 1.82) is 0 Å². The molecule has 0 aliphatic rings. The summed E-state index contributed by atoms with van der Waals surface area (Å²) in [7, 11) is 0. The molecule has 1 N–H and O–H groups in total. The molecule has 0 fully saturated rings. The first-order valence-electron chi connectivity index (χ1n) is 5.69. The fourth-order valence-corrected chi connectivity index (χ4v) is 1.50. The molecule has 0 rings (SSSR count). The molecule has 0 saturated heterocycles. The van der Waals surface area contributed by atoms with Crippen LogP contribution in [-0.2, 0) is 0 Å². The van der Waals surface area contributed by atoms with Crippen LogP contribution in [0, 0.1) is 11.3 Å². The van der Waals surface area contributed by atoms with Crippen LogP contribution in [0.3, 0.4) is 0 Å². The zero-order valence-electron chi connectivity index (χ0n) is 10.8. The zero-order chi connectivity index (χ0) is 11.4. The minimum Gasteiger partial charge on any atom is -0.386 e. The minimum atomic E-state index is 0.308. The van der Waals surface area contributed by atoms with Crippen LogP contribution in [-0.4, -0.2) is 6.04 Å². The Morgan fingerprint density at radius 1 is 1.36 bits per heavy atom. The molecule has 0 aliphatic carbocycles. The largest absolute Gasteiger partial charge is 0.386 e.